The lowest BCUT2D eigenvalue weighted by molar-refractivity contribution is -0.117. The lowest BCUT2D eigenvalue weighted by Crippen LogP contribution is -2.32. The van der Waals surface area contributed by atoms with Crippen molar-refractivity contribution in [1.29, 1.82) is 5.26 Å². The third kappa shape index (κ3) is 4.19. The fourth-order valence-corrected chi connectivity index (χ4v) is 4.64. The largest absolute Gasteiger partial charge is 0.497 e. The van der Waals surface area contributed by atoms with Crippen LogP contribution in [0.2, 0.25) is 0 Å². The fourth-order valence-electron chi connectivity index (χ4n) is 3.33. The summed E-state index contributed by atoms with van der Waals surface area (Å²) in [6.07, 6.45) is 1.21. The molecule has 6 nitrogen and oxygen atoms in total. The van der Waals surface area contributed by atoms with Gasteiger partial charge in [0.15, 0.2) is 0 Å². The Kier molecular flexibility index (Phi) is 6.80. The van der Waals surface area contributed by atoms with Crippen LogP contribution in [0, 0.1) is 11.3 Å². The molecule has 1 saturated heterocycles. The van der Waals surface area contributed by atoms with Gasteiger partial charge in [0.05, 0.1) is 18.0 Å². The van der Waals surface area contributed by atoms with E-state index in [2.05, 4.69) is 5.32 Å². The van der Waals surface area contributed by atoms with Gasteiger partial charge in [0, 0.05) is 7.05 Å². The van der Waals surface area contributed by atoms with Crippen LogP contribution in [0.1, 0.15) is 18.1 Å². The summed E-state index contributed by atoms with van der Waals surface area (Å²) < 4.78 is 5.19. The van der Waals surface area contributed by atoms with Crippen molar-refractivity contribution in [3.8, 4) is 11.8 Å². The molecule has 2 amide bonds. The van der Waals surface area contributed by atoms with Gasteiger partial charge in [0.25, 0.3) is 5.91 Å². The zero-order valence-corrected chi connectivity index (χ0v) is 18.0. The van der Waals surface area contributed by atoms with Gasteiger partial charge in [0.1, 0.15) is 22.4 Å². The lowest BCUT2D eigenvalue weighted by atomic mass is 10.1. The van der Waals surface area contributed by atoms with Gasteiger partial charge in [-0.3, -0.25) is 14.5 Å². The van der Waals surface area contributed by atoms with E-state index in [1.54, 1.807) is 7.11 Å². The van der Waals surface area contributed by atoms with Crippen LogP contribution >= 0.6 is 11.8 Å². The molecule has 1 N–H and O–H groups in total. The number of aryl methyl sites for hydroxylation is 1. The monoisotopic (exact) mass is 421 g/mol. The molecule has 1 fully saturated rings. The molecule has 1 unspecified atom stereocenters. The molecule has 1 heterocycles. The predicted molar refractivity (Wildman–Crippen MR) is 118 cm³/mol. The van der Waals surface area contributed by atoms with Crippen molar-refractivity contribution in [3.63, 3.8) is 0 Å². The molecule has 1 aliphatic rings. The first-order valence-electron chi connectivity index (χ1n) is 9.61. The summed E-state index contributed by atoms with van der Waals surface area (Å²) in [6, 6.07) is 17.1. The predicted octanol–water partition coefficient (Wildman–Crippen LogP) is 3.43. The third-order valence-corrected chi connectivity index (χ3v) is 6.19. The highest BCUT2D eigenvalue weighted by Crippen LogP contribution is 2.43. The Balaban J connectivity index is 2.05. The maximum absolute atomic E-state index is 13.4. The molecule has 0 saturated carbocycles. The molecular weight excluding hydrogens is 398 g/mol. The molecule has 30 heavy (non-hydrogen) atoms. The number of para-hydroxylation sites is 1. The smallest absolute Gasteiger partial charge is 0.264 e. The van der Waals surface area contributed by atoms with Crippen LogP contribution in [0.15, 0.2) is 59.1 Å². The van der Waals surface area contributed by atoms with Gasteiger partial charge in [-0.25, -0.2) is 0 Å². The second-order valence-electron chi connectivity index (χ2n) is 6.69. The number of nitriles is 1. The van der Waals surface area contributed by atoms with E-state index in [-0.39, 0.29) is 11.5 Å². The molecule has 3 rings (SSSR count). The van der Waals surface area contributed by atoms with E-state index in [4.69, 9.17) is 4.74 Å². The van der Waals surface area contributed by atoms with Crippen LogP contribution in [-0.4, -0.2) is 31.2 Å². The normalized spacial score (nSPS) is 17.5. The van der Waals surface area contributed by atoms with Crippen molar-refractivity contribution in [3.05, 3.63) is 70.3 Å². The minimum absolute atomic E-state index is 0.0565. The minimum Gasteiger partial charge on any atom is -0.497 e. The van der Waals surface area contributed by atoms with E-state index in [1.165, 1.54) is 23.7 Å². The van der Waals surface area contributed by atoms with E-state index in [0.29, 0.717) is 17.1 Å². The van der Waals surface area contributed by atoms with E-state index in [1.807, 2.05) is 61.5 Å². The number of nitrogens with zero attached hydrogens (tertiary/aromatic N) is 2. The summed E-state index contributed by atoms with van der Waals surface area (Å²) in [5.74, 6) is 0.106. The summed E-state index contributed by atoms with van der Waals surface area (Å²) >= 11 is 1.26. The Morgan fingerprint density at radius 1 is 1.23 bits per heavy atom. The van der Waals surface area contributed by atoms with Crippen molar-refractivity contribution < 1.29 is 14.3 Å². The number of anilines is 1. The standard InChI is InChI=1S/C23H23N3O3S/c1-4-16-7-5-6-8-19(16)26-22(28)20(13-15-9-11-17(29-3)12-10-15)30-23(26)18(14-24)21(27)25-2/h5-12,20H,4,13H2,1-3H3,(H,25,27). The topological polar surface area (TPSA) is 82.4 Å². The van der Waals surface area contributed by atoms with Gasteiger partial charge in [-0.1, -0.05) is 49.0 Å². The number of methoxy groups -OCH3 is 1. The maximum Gasteiger partial charge on any atom is 0.264 e. The van der Waals surface area contributed by atoms with E-state index >= 15 is 0 Å². The Morgan fingerprint density at radius 2 is 1.93 bits per heavy atom. The number of benzene rings is 2. The highest BCUT2D eigenvalue weighted by Gasteiger charge is 2.41. The molecular formula is C23H23N3O3S. The number of hydrogen-bond acceptors (Lipinski definition) is 5. The maximum atomic E-state index is 13.4. The molecule has 1 atom stereocenters. The van der Waals surface area contributed by atoms with Gasteiger partial charge in [-0.15, -0.1) is 0 Å². The summed E-state index contributed by atoms with van der Waals surface area (Å²) in [4.78, 5) is 27.3. The molecule has 0 bridgehead atoms. The highest BCUT2D eigenvalue weighted by atomic mass is 32.2. The number of ether oxygens (including phenoxy) is 1. The van der Waals surface area contributed by atoms with Crippen LogP contribution in [-0.2, 0) is 22.4 Å². The Morgan fingerprint density at radius 3 is 2.53 bits per heavy atom. The SMILES string of the molecule is CCc1ccccc1N1C(=O)C(Cc2ccc(OC)cc2)SC1=C(C#N)C(=O)NC. The second-order valence-corrected chi connectivity index (χ2v) is 7.88. The van der Waals surface area contributed by atoms with Gasteiger partial charge in [-0.2, -0.15) is 5.26 Å². The van der Waals surface area contributed by atoms with Crippen molar-refractivity contribution in [2.24, 2.45) is 0 Å². The number of hydrogen-bond donors (Lipinski definition) is 1. The van der Waals surface area contributed by atoms with Gasteiger partial charge < -0.3 is 10.1 Å². The molecule has 2 aromatic rings. The average Bonchev–Trinajstić information content (AvgIpc) is 3.09. The Hall–Kier alpha value is -3.24. The number of amides is 2. The van der Waals surface area contributed by atoms with Crippen LogP contribution in [0.4, 0.5) is 5.69 Å². The number of likely N-dealkylation sites (N-methyl/N-ethyl adjacent to an activating group) is 1. The summed E-state index contributed by atoms with van der Waals surface area (Å²) in [7, 11) is 3.08. The van der Waals surface area contributed by atoms with Crippen LogP contribution in [0.5, 0.6) is 5.75 Å². The number of nitrogens with one attached hydrogen (secondary N) is 1. The first kappa shape index (κ1) is 21.5. The van der Waals surface area contributed by atoms with E-state index in [9.17, 15) is 14.9 Å². The molecule has 1 aliphatic heterocycles. The number of thioether (sulfide) groups is 1. The summed E-state index contributed by atoms with van der Waals surface area (Å²) in [5, 5.41) is 12.1. The highest BCUT2D eigenvalue weighted by molar-refractivity contribution is 8.05. The van der Waals surface area contributed by atoms with Gasteiger partial charge in [-0.05, 0) is 42.2 Å². The summed E-state index contributed by atoms with van der Waals surface area (Å²) in [6.45, 7) is 2.01. The van der Waals surface area contributed by atoms with Crippen molar-refractivity contribution in [2.75, 3.05) is 19.1 Å². The zero-order chi connectivity index (χ0) is 21.7. The Labute approximate surface area is 180 Å². The quantitative estimate of drug-likeness (QED) is 0.571. The lowest BCUT2D eigenvalue weighted by Gasteiger charge is -2.21. The van der Waals surface area contributed by atoms with Crippen molar-refractivity contribution in [2.45, 2.75) is 25.0 Å². The van der Waals surface area contributed by atoms with E-state index in [0.717, 1.165) is 23.3 Å². The number of carbonyl (C=O) groups excluding carboxylic acids is 2. The van der Waals surface area contributed by atoms with Gasteiger partial charge >= 0.3 is 0 Å². The number of rotatable bonds is 6. The Bertz CT molecular complexity index is 1020. The second kappa shape index (κ2) is 9.51. The van der Waals surface area contributed by atoms with Crippen LogP contribution < -0.4 is 15.0 Å². The molecule has 7 heteroatoms. The summed E-state index contributed by atoms with van der Waals surface area (Å²) in [5.41, 5.74) is 2.61. The zero-order valence-electron chi connectivity index (χ0n) is 17.1. The molecule has 2 aromatic carbocycles. The minimum atomic E-state index is -0.503. The first-order chi connectivity index (χ1) is 14.5. The van der Waals surface area contributed by atoms with Crippen LogP contribution in [0.25, 0.3) is 0 Å². The molecule has 0 aliphatic carbocycles. The van der Waals surface area contributed by atoms with Crippen molar-refractivity contribution in [1.82, 2.24) is 5.32 Å². The number of carbonyl (C=O) groups is 2. The first-order valence-corrected chi connectivity index (χ1v) is 10.5. The van der Waals surface area contributed by atoms with Gasteiger partial charge in [0.2, 0.25) is 5.91 Å². The molecule has 0 spiro atoms. The van der Waals surface area contributed by atoms with Crippen molar-refractivity contribution >= 4 is 29.3 Å². The van der Waals surface area contributed by atoms with Crippen LogP contribution in [0.3, 0.4) is 0 Å². The molecule has 0 aromatic heterocycles. The third-order valence-electron chi connectivity index (χ3n) is 4.93. The molecule has 154 valence electrons. The van der Waals surface area contributed by atoms with E-state index < -0.39 is 11.2 Å². The average molecular weight is 422 g/mol. The fraction of sp³-hybridized carbons (Fsp3) is 0.261. The molecule has 0 radical (unpaired) electrons.